The van der Waals surface area contributed by atoms with E-state index in [0.29, 0.717) is 12.3 Å². The zero-order valence-corrected chi connectivity index (χ0v) is 17.5. The summed E-state index contributed by atoms with van der Waals surface area (Å²) in [5.41, 5.74) is 2.33. The number of likely N-dealkylation sites (N-methyl/N-ethyl adjacent to an activating group) is 1. The van der Waals surface area contributed by atoms with Gasteiger partial charge in [-0.05, 0) is 29.7 Å². The fourth-order valence-corrected chi connectivity index (χ4v) is 4.30. The molecule has 0 saturated carbocycles. The molecule has 0 spiro atoms. The molecule has 0 aliphatic carbocycles. The third-order valence-electron chi connectivity index (χ3n) is 6.19. The molecule has 1 saturated heterocycles. The molecule has 0 atom stereocenters. The largest absolute Gasteiger partial charge is 0.459 e. The number of amides is 1. The van der Waals surface area contributed by atoms with Crippen LogP contribution in [0.25, 0.3) is 10.9 Å². The summed E-state index contributed by atoms with van der Waals surface area (Å²) in [5.74, 6) is 0.386. The normalized spacial score (nSPS) is 19.5. The zero-order chi connectivity index (χ0) is 20.2. The Labute approximate surface area is 172 Å². The first-order chi connectivity index (χ1) is 14.1. The summed E-state index contributed by atoms with van der Waals surface area (Å²) >= 11 is 0. The number of benzene rings is 1. The summed E-state index contributed by atoms with van der Waals surface area (Å²) in [4.78, 5) is 18.3. The maximum absolute atomic E-state index is 13.1. The molecule has 0 bridgehead atoms. The van der Waals surface area contributed by atoms with Crippen molar-refractivity contribution in [3.63, 3.8) is 0 Å². The third-order valence-corrected chi connectivity index (χ3v) is 6.19. The number of nitrogens with zero attached hydrogens (tertiary/aromatic N) is 2. The summed E-state index contributed by atoms with van der Waals surface area (Å²) < 4.78 is 7.59. The number of para-hydroxylation sites is 1. The maximum atomic E-state index is 13.1. The minimum atomic E-state index is -0.0296. The molecule has 3 heterocycles. The molecule has 29 heavy (non-hydrogen) atoms. The Bertz CT molecular complexity index is 939. The SMILES string of the molecule is Cn1c(CN(CCC[NH+]2CC[NH+](C)CC2)C(=O)c2ccco2)cc2ccccc21. The van der Waals surface area contributed by atoms with E-state index in [1.807, 2.05) is 4.90 Å². The van der Waals surface area contributed by atoms with Gasteiger partial charge in [0.25, 0.3) is 5.91 Å². The summed E-state index contributed by atoms with van der Waals surface area (Å²) in [6.07, 6.45) is 2.57. The summed E-state index contributed by atoms with van der Waals surface area (Å²) in [6.45, 7) is 7.37. The van der Waals surface area contributed by atoms with Crippen LogP contribution in [0.3, 0.4) is 0 Å². The number of hydrogen-bond acceptors (Lipinski definition) is 2. The molecule has 1 fully saturated rings. The Morgan fingerprint density at radius 1 is 1.14 bits per heavy atom. The van der Waals surface area contributed by atoms with Crippen molar-refractivity contribution < 1.29 is 19.0 Å². The van der Waals surface area contributed by atoms with E-state index in [2.05, 4.69) is 49.0 Å². The van der Waals surface area contributed by atoms with Crippen molar-refractivity contribution in [1.82, 2.24) is 9.47 Å². The second kappa shape index (κ2) is 8.84. The lowest BCUT2D eigenvalue weighted by Crippen LogP contribution is -3.27. The molecule has 1 aliphatic rings. The molecule has 1 aliphatic heterocycles. The van der Waals surface area contributed by atoms with Gasteiger partial charge < -0.3 is 23.7 Å². The molecule has 2 aromatic heterocycles. The van der Waals surface area contributed by atoms with Crippen LogP contribution in [0.15, 0.2) is 53.1 Å². The molecule has 154 valence electrons. The van der Waals surface area contributed by atoms with Crippen molar-refractivity contribution in [2.75, 3.05) is 46.3 Å². The highest BCUT2D eigenvalue weighted by atomic mass is 16.3. The van der Waals surface area contributed by atoms with E-state index in [4.69, 9.17) is 4.42 Å². The fraction of sp³-hybridized carbons (Fsp3) is 0.435. The minimum absolute atomic E-state index is 0.0296. The van der Waals surface area contributed by atoms with Gasteiger partial charge in [-0.1, -0.05) is 18.2 Å². The third kappa shape index (κ3) is 4.54. The van der Waals surface area contributed by atoms with Gasteiger partial charge in [0.15, 0.2) is 5.76 Å². The Balaban J connectivity index is 1.46. The van der Waals surface area contributed by atoms with Crippen molar-refractivity contribution in [2.45, 2.75) is 13.0 Å². The average Bonchev–Trinajstić information content (AvgIpc) is 3.37. The monoisotopic (exact) mass is 396 g/mol. The van der Waals surface area contributed by atoms with Crippen molar-refractivity contribution in [3.05, 3.63) is 60.2 Å². The Kier molecular flexibility index (Phi) is 6.02. The van der Waals surface area contributed by atoms with Crippen LogP contribution in [0.5, 0.6) is 0 Å². The van der Waals surface area contributed by atoms with E-state index < -0.39 is 0 Å². The summed E-state index contributed by atoms with van der Waals surface area (Å²) in [7, 11) is 4.34. The van der Waals surface area contributed by atoms with Gasteiger partial charge in [0, 0.05) is 31.2 Å². The molecule has 0 unspecified atom stereocenters. The Hall–Kier alpha value is -2.57. The predicted octanol–water partition coefficient (Wildman–Crippen LogP) is 0.217. The lowest BCUT2D eigenvalue weighted by molar-refractivity contribution is -1.00. The van der Waals surface area contributed by atoms with Gasteiger partial charge in [0.1, 0.15) is 26.2 Å². The topological polar surface area (TPSA) is 47.3 Å². The smallest absolute Gasteiger partial charge is 0.289 e. The van der Waals surface area contributed by atoms with E-state index in [9.17, 15) is 4.79 Å². The number of hydrogen-bond donors (Lipinski definition) is 2. The standard InChI is InChI=1S/C23H30N4O2/c1-24-12-14-26(15-13-24)10-6-11-27(23(28)22-9-5-16-29-22)18-20-17-19-7-3-4-8-21(19)25(20)2/h3-5,7-9,16-17H,6,10-15,18H2,1-2H3/p+2. The van der Waals surface area contributed by atoms with Crippen molar-refractivity contribution in [2.24, 2.45) is 7.05 Å². The Morgan fingerprint density at radius 2 is 1.93 bits per heavy atom. The quantitative estimate of drug-likeness (QED) is 0.600. The fourth-order valence-electron chi connectivity index (χ4n) is 4.30. The first kappa shape index (κ1) is 19.7. The van der Waals surface area contributed by atoms with Crippen LogP contribution in [0, 0.1) is 0 Å². The van der Waals surface area contributed by atoms with E-state index in [0.717, 1.165) is 25.2 Å². The molecule has 6 heteroatoms. The first-order valence-corrected chi connectivity index (χ1v) is 10.6. The van der Waals surface area contributed by atoms with Crippen LogP contribution in [-0.4, -0.2) is 61.7 Å². The van der Waals surface area contributed by atoms with E-state index >= 15 is 0 Å². The van der Waals surface area contributed by atoms with Gasteiger partial charge in [0.2, 0.25) is 0 Å². The molecular formula is C23H32N4O2+2. The molecule has 6 nitrogen and oxygen atoms in total. The number of aryl methyl sites for hydroxylation is 1. The number of quaternary nitrogens is 2. The number of carbonyl (C=O) groups is 1. The van der Waals surface area contributed by atoms with Crippen molar-refractivity contribution >= 4 is 16.8 Å². The van der Waals surface area contributed by atoms with Crippen LogP contribution in [0.1, 0.15) is 22.7 Å². The minimum Gasteiger partial charge on any atom is -0.459 e. The highest BCUT2D eigenvalue weighted by Crippen LogP contribution is 2.20. The van der Waals surface area contributed by atoms with Crippen molar-refractivity contribution in [3.8, 4) is 0 Å². The highest BCUT2D eigenvalue weighted by Gasteiger charge is 2.23. The van der Waals surface area contributed by atoms with Gasteiger partial charge >= 0.3 is 0 Å². The van der Waals surface area contributed by atoms with Gasteiger partial charge in [-0.2, -0.15) is 0 Å². The number of carbonyl (C=O) groups excluding carboxylic acids is 1. The van der Waals surface area contributed by atoms with Crippen LogP contribution in [0.2, 0.25) is 0 Å². The van der Waals surface area contributed by atoms with Gasteiger partial charge in [-0.15, -0.1) is 0 Å². The average molecular weight is 397 g/mol. The lowest BCUT2D eigenvalue weighted by atomic mass is 10.2. The second-order valence-electron chi connectivity index (χ2n) is 8.27. The van der Waals surface area contributed by atoms with Crippen LogP contribution >= 0.6 is 0 Å². The summed E-state index contributed by atoms with van der Waals surface area (Å²) in [6, 6.07) is 14.1. The predicted molar refractivity (Wildman–Crippen MR) is 113 cm³/mol. The first-order valence-electron chi connectivity index (χ1n) is 10.6. The number of aromatic nitrogens is 1. The van der Waals surface area contributed by atoms with Crippen molar-refractivity contribution in [1.29, 1.82) is 0 Å². The van der Waals surface area contributed by atoms with Gasteiger partial charge in [0.05, 0.1) is 26.4 Å². The van der Waals surface area contributed by atoms with E-state index in [1.54, 1.807) is 28.2 Å². The number of furan rings is 1. The number of piperazine rings is 1. The molecule has 4 rings (SSSR count). The van der Waals surface area contributed by atoms with Gasteiger partial charge in [-0.25, -0.2) is 0 Å². The molecule has 3 aromatic rings. The molecule has 2 N–H and O–H groups in total. The lowest BCUT2D eigenvalue weighted by Gasteiger charge is -2.28. The van der Waals surface area contributed by atoms with Crippen LogP contribution in [0.4, 0.5) is 0 Å². The number of fused-ring (bicyclic) bond motifs is 1. The van der Waals surface area contributed by atoms with E-state index in [-0.39, 0.29) is 5.91 Å². The molecule has 1 amide bonds. The summed E-state index contributed by atoms with van der Waals surface area (Å²) in [5, 5.41) is 1.21. The molecule has 0 radical (unpaired) electrons. The van der Waals surface area contributed by atoms with Gasteiger partial charge in [-0.3, -0.25) is 4.79 Å². The molecule has 1 aromatic carbocycles. The number of rotatable bonds is 7. The Morgan fingerprint density at radius 3 is 2.66 bits per heavy atom. The zero-order valence-electron chi connectivity index (χ0n) is 17.5. The van der Waals surface area contributed by atoms with E-state index in [1.165, 1.54) is 37.1 Å². The van der Waals surface area contributed by atoms with Crippen LogP contribution in [-0.2, 0) is 13.6 Å². The number of nitrogens with one attached hydrogen (secondary N) is 2. The highest BCUT2D eigenvalue weighted by molar-refractivity contribution is 5.91. The second-order valence-corrected chi connectivity index (χ2v) is 8.27. The van der Waals surface area contributed by atoms with Crippen LogP contribution < -0.4 is 9.80 Å². The molecular weight excluding hydrogens is 364 g/mol. The maximum Gasteiger partial charge on any atom is 0.289 e.